The van der Waals surface area contributed by atoms with E-state index in [-0.39, 0.29) is 11.8 Å². The van der Waals surface area contributed by atoms with Gasteiger partial charge in [-0.25, -0.2) is 0 Å². The molecule has 1 N–H and O–H groups in total. The first-order valence-corrected chi connectivity index (χ1v) is 12.5. The Morgan fingerprint density at radius 1 is 1.06 bits per heavy atom. The van der Waals surface area contributed by atoms with Gasteiger partial charge in [-0.1, -0.05) is 12.1 Å². The highest BCUT2D eigenvalue weighted by molar-refractivity contribution is 5.90. The van der Waals surface area contributed by atoms with Gasteiger partial charge in [0.15, 0.2) is 0 Å². The molecule has 2 aliphatic heterocycles. The third kappa shape index (κ3) is 4.99. The molecule has 7 heteroatoms. The summed E-state index contributed by atoms with van der Waals surface area (Å²) in [4.78, 5) is 40.5. The van der Waals surface area contributed by atoms with E-state index in [1.807, 2.05) is 35.4 Å². The molecule has 2 atom stereocenters. The largest absolute Gasteiger partial charge is 0.358 e. The molecule has 0 unspecified atom stereocenters. The van der Waals surface area contributed by atoms with Gasteiger partial charge in [0.2, 0.25) is 11.8 Å². The van der Waals surface area contributed by atoms with Crippen molar-refractivity contribution in [1.82, 2.24) is 25.1 Å². The topological polar surface area (TPSA) is 78.4 Å². The van der Waals surface area contributed by atoms with E-state index in [0.29, 0.717) is 19.5 Å². The molecular weight excluding hydrogens is 426 g/mol. The summed E-state index contributed by atoms with van der Waals surface area (Å²) in [5.74, 6) is 0.143. The molecule has 0 aromatic carbocycles. The molecule has 2 fully saturated rings. The van der Waals surface area contributed by atoms with Gasteiger partial charge in [-0.2, -0.15) is 0 Å². The minimum absolute atomic E-state index is 0.0601. The Bertz CT molecular complexity index is 970. The highest BCUT2D eigenvalue weighted by atomic mass is 16.2. The standard InChI is InChI=1S/C27H37N5O2/c1-28-24(33)27(23-11-3-4-16-30-23)14-8-18-32(21-27)25(34)26(13-7-17-31(2)20-26)12-5-9-22-10-6-15-29-19-22/h3-4,6,10-11,15-16,19H,5,7-9,12-14,17-18,20-21H2,1-2H3,(H,28,33)/t26-,27-/m1/s1. The fourth-order valence-corrected chi connectivity index (χ4v) is 5.98. The van der Waals surface area contributed by atoms with E-state index in [1.54, 1.807) is 19.4 Å². The summed E-state index contributed by atoms with van der Waals surface area (Å²) in [7, 11) is 3.78. The number of likely N-dealkylation sites (tertiary alicyclic amines) is 2. The van der Waals surface area contributed by atoms with Crippen LogP contribution in [-0.2, 0) is 21.4 Å². The van der Waals surface area contributed by atoms with Crippen molar-refractivity contribution in [2.75, 3.05) is 40.3 Å². The Balaban J connectivity index is 1.57. The average Bonchev–Trinajstić information content (AvgIpc) is 2.89. The van der Waals surface area contributed by atoms with Gasteiger partial charge in [0.25, 0.3) is 0 Å². The van der Waals surface area contributed by atoms with Crippen LogP contribution < -0.4 is 5.32 Å². The summed E-state index contributed by atoms with van der Waals surface area (Å²) < 4.78 is 0. The maximum atomic E-state index is 14.2. The van der Waals surface area contributed by atoms with Crippen molar-refractivity contribution in [3.05, 3.63) is 60.2 Å². The summed E-state index contributed by atoms with van der Waals surface area (Å²) in [5.41, 5.74) is 0.742. The number of hydrogen-bond donors (Lipinski definition) is 1. The number of aryl methyl sites for hydroxylation is 1. The van der Waals surface area contributed by atoms with Crippen molar-refractivity contribution >= 4 is 11.8 Å². The van der Waals surface area contributed by atoms with Crippen LogP contribution in [0.5, 0.6) is 0 Å². The van der Waals surface area contributed by atoms with Crippen LogP contribution in [0.2, 0.25) is 0 Å². The normalized spacial score (nSPS) is 25.6. The van der Waals surface area contributed by atoms with E-state index in [4.69, 9.17) is 0 Å². The Hall–Kier alpha value is -2.80. The third-order valence-corrected chi connectivity index (χ3v) is 7.66. The summed E-state index contributed by atoms with van der Waals surface area (Å²) in [5, 5.41) is 2.85. The van der Waals surface area contributed by atoms with Gasteiger partial charge in [-0.05, 0) is 82.3 Å². The molecule has 2 saturated heterocycles. The Morgan fingerprint density at radius 3 is 2.62 bits per heavy atom. The number of nitrogens with zero attached hydrogens (tertiary/aromatic N) is 4. The quantitative estimate of drug-likeness (QED) is 0.683. The molecule has 0 aliphatic carbocycles. The zero-order valence-corrected chi connectivity index (χ0v) is 20.5. The Morgan fingerprint density at radius 2 is 1.91 bits per heavy atom. The van der Waals surface area contributed by atoms with Crippen molar-refractivity contribution in [2.24, 2.45) is 5.41 Å². The van der Waals surface area contributed by atoms with Crippen molar-refractivity contribution < 1.29 is 9.59 Å². The number of carbonyl (C=O) groups is 2. The molecule has 7 nitrogen and oxygen atoms in total. The van der Waals surface area contributed by atoms with Gasteiger partial charge in [0.05, 0.1) is 11.1 Å². The Labute approximate surface area is 203 Å². The van der Waals surface area contributed by atoms with Gasteiger partial charge in [-0.3, -0.25) is 19.6 Å². The molecule has 182 valence electrons. The maximum absolute atomic E-state index is 14.2. The lowest BCUT2D eigenvalue weighted by molar-refractivity contribution is -0.150. The summed E-state index contributed by atoms with van der Waals surface area (Å²) >= 11 is 0. The van der Waals surface area contributed by atoms with Crippen LogP contribution in [0.25, 0.3) is 0 Å². The second-order valence-corrected chi connectivity index (χ2v) is 10.0. The predicted octanol–water partition coefficient (Wildman–Crippen LogP) is 2.82. The molecule has 0 bridgehead atoms. The molecule has 2 amide bonds. The zero-order chi connectivity index (χ0) is 24.0. The molecule has 0 spiro atoms. The van der Waals surface area contributed by atoms with E-state index in [9.17, 15) is 9.59 Å². The first-order chi connectivity index (χ1) is 16.5. The number of pyridine rings is 2. The van der Waals surface area contributed by atoms with Crippen molar-refractivity contribution in [2.45, 2.75) is 50.4 Å². The van der Waals surface area contributed by atoms with Crippen molar-refractivity contribution in [3.63, 3.8) is 0 Å². The van der Waals surface area contributed by atoms with Crippen molar-refractivity contribution in [1.29, 1.82) is 0 Å². The van der Waals surface area contributed by atoms with Gasteiger partial charge < -0.3 is 15.1 Å². The second-order valence-electron chi connectivity index (χ2n) is 10.0. The highest BCUT2D eigenvalue weighted by Crippen LogP contribution is 2.40. The average molecular weight is 464 g/mol. The minimum atomic E-state index is -0.804. The lowest BCUT2D eigenvalue weighted by Crippen LogP contribution is -2.60. The molecule has 2 aromatic rings. The van der Waals surface area contributed by atoms with E-state index in [2.05, 4.69) is 33.3 Å². The van der Waals surface area contributed by atoms with Crippen LogP contribution in [-0.4, -0.2) is 71.9 Å². The summed E-state index contributed by atoms with van der Waals surface area (Å²) in [6.45, 7) is 2.87. The number of nitrogens with one attached hydrogen (secondary N) is 1. The number of piperidine rings is 2. The van der Waals surface area contributed by atoms with Crippen LogP contribution in [0, 0.1) is 5.41 Å². The maximum Gasteiger partial charge on any atom is 0.233 e. The lowest BCUT2D eigenvalue weighted by Gasteiger charge is -2.47. The number of aromatic nitrogens is 2. The third-order valence-electron chi connectivity index (χ3n) is 7.66. The monoisotopic (exact) mass is 463 g/mol. The van der Waals surface area contributed by atoms with Crippen LogP contribution in [0.15, 0.2) is 48.9 Å². The summed E-state index contributed by atoms with van der Waals surface area (Å²) in [6, 6.07) is 9.77. The van der Waals surface area contributed by atoms with Gasteiger partial charge in [0, 0.05) is 45.3 Å². The molecule has 0 saturated carbocycles. The lowest BCUT2D eigenvalue weighted by atomic mass is 9.71. The molecule has 34 heavy (non-hydrogen) atoms. The number of carbonyl (C=O) groups excluding carboxylic acids is 2. The second kappa shape index (κ2) is 10.6. The van der Waals surface area contributed by atoms with Crippen LogP contribution in [0.3, 0.4) is 0 Å². The van der Waals surface area contributed by atoms with Crippen LogP contribution >= 0.6 is 0 Å². The molecule has 2 aliphatic rings. The predicted molar refractivity (Wildman–Crippen MR) is 132 cm³/mol. The fourth-order valence-electron chi connectivity index (χ4n) is 5.98. The van der Waals surface area contributed by atoms with Crippen LogP contribution in [0.4, 0.5) is 0 Å². The van der Waals surface area contributed by atoms with E-state index in [1.165, 1.54) is 5.56 Å². The SMILES string of the molecule is CNC(=O)[C@]1(c2ccccn2)CCCN(C(=O)[C@]2(CCCc3cccnc3)CCCN(C)C2)C1. The smallest absolute Gasteiger partial charge is 0.233 e. The molecule has 4 heterocycles. The minimum Gasteiger partial charge on any atom is -0.358 e. The fraction of sp³-hybridized carbons (Fsp3) is 0.556. The number of amides is 2. The highest BCUT2D eigenvalue weighted by Gasteiger charge is 2.50. The Kier molecular flexibility index (Phi) is 7.61. The summed E-state index contributed by atoms with van der Waals surface area (Å²) in [6.07, 6.45) is 11.5. The number of likely N-dealkylation sites (N-methyl/N-ethyl adjacent to an activating group) is 1. The van der Waals surface area contributed by atoms with E-state index >= 15 is 0 Å². The van der Waals surface area contributed by atoms with E-state index in [0.717, 1.165) is 57.3 Å². The van der Waals surface area contributed by atoms with Gasteiger partial charge >= 0.3 is 0 Å². The molecule has 4 rings (SSSR count). The molecular formula is C27H37N5O2. The first-order valence-electron chi connectivity index (χ1n) is 12.5. The molecule has 2 aromatic heterocycles. The first kappa shape index (κ1) is 24.3. The van der Waals surface area contributed by atoms with E-state index < -0.39 is 10.8 Å². The van der Waals surface area contributed by atoms with Gasteiger partial charge in [0.1, 0.15) is 5.41 Å². The van der Waals surface area contributed by atoms with Crippen LogP contribution in [0.1, 0.15) is 49.8 Å². The number of hydrogen-bond acceptors (Lipinski definition) is 5. The van der Waals surface area contributed by atoms with Crippen molar-refractivity contribution in [3.8, 4) is 0 Å². The molecule has 0 radical (unpaired) electrons. The zero-order valence-electron chi connectivity index (χ0n) is 20.5. The van der Waals surface area contributed by atoms with Gasteiger partial charge in [-0.15, -0.1) is 0 Å². The number of rotatable bonds is 7.